The Labute approximate surface area is 98.4 Å². The van der Waals surface area contributed by atoms with Gasteiger partial charge in [0.2, 0.25) is 5.44 Å². The minimum atomic E-state index is -1.14. The maximum Gasteiger partial charge on any atom is 0.351 e. The first-order chi connectivity index (χ1) is 7.99. The van der Waals surface area contributed by atoms with Crippen molar-refractivity contribution in [3.63, 3.8) is 0 Å². The van der Waals surface area contributed by atoms with E-state index in [1.54, 1.807) is 0 Å². The van der Waals surface area contributed by atoms with Gasteiger partial charge in [-0.2, -0.15) is 4.98 Å². The maximum atomic E-state index is 13.1. The van der Waals surface area contributed by atoms with E-state index in [1.165, 1.54) is 0 Å². The molecule has 2 atom stereocenters. The van der Waals surface area contributed by atoms with E-state index in [1.807, 2.05) is 0 Å². The molecule has 3 N–H and O–H groups in total. The third-order valence-corrected chi connectivity index (χ3v) is 3.21. The van der Waals surface area contributed by atoms with E-state index in [-0.39, 0.29) is 5.75 Å². The zero-order valence-electron chi connectivity index (χ0n) is 8.37. The molecule has 92 valence electrons. The van der Waals surface area contributed by atoms with Crippen LogP contribution in [-0.2, 0) is 9.53 Å². The molecule has 1 aliphatic heterocycles. The largest absolute Gasteiger partial charge is 0.479 e. The van der Waals surface area contributed by atoms with Crippen molar-refractivity contribution in [1.29, 1.82) is 0 Å². The maximum absolute atomic E-state index is 13.1. The van der Waals surface area contributed by atoms with Crippen molar-refractivity contribution in [2.24, 2.45) is 0 Å². The molecule has 9 heteroatoms. The molecule has 0 amide bonds. The summed E-state index contributed by atoms with van der Waals surface area (Å²) in [4.78, 5) is 25.3. The van der Waals surface area contributed by atoms with Crippen molar-refractivity contribution in [1.82, 2.24) is 9.55 Å². The SMILES string of the molecule is Nc1nc(=O)n([C@@H]2CS[C@@H](C(=O)O)O2)cc1F. The number of carbonyl (C=O) groups is 1. The fourth-order valence-electron chi connectivity index (χ4n) is 1.33. The second-order valence-electron chi connectivity index (χ2n) is 3.26. The third kappa shape index (κ3) is 2.24. The number of nitrogen functional groups attached to an aromatic ring is 1. The summed E-state index contributed by atoms with van der Waals surface area (Å²) in [5.41, 5.74) is 3.28. The van der Waals surface area contributed by atoms with Crippen LogP contribution in [0.15, 0.2) is 11.0 Å². The van der Waals surface area contributed by atoms with Crippen LogP contribution < -0.4 is 11.4 Å². The molecule has 0 aliphatic carbocycles. The molecule has 2 rings (SSSR count). The van der Waals surface area contributed by atoms with Gasteiger partial charge in [-0.1, -0.05) is 0 Å². The van der Waals surface area contributed by atoms with Crippen LogP contribution in [-0.4, -0.2) is 31.8 Å². The van der Waals surface area contributed by atoms with Crippen LogP contribution in [0.5, 0.6) is 0 Å². The van der Waals surface area contributed by atoms with Crippen molar-refractivity contribution in [2.75, 3.05) is 11.5 Å². The van der Waals surface area contributed by atoms with E-state index in [4.69, 9.17) is 15.6 Å². The van der Waals surface area contributed by atoms with Gasteiger partial charge in [0.15, 0.2) is 11.6 Å². The Morgan fingerprint density at radius 2 is 2.47 bits per heavy atom. The van der Waals surface area contributed by atoms with E-state index in [0.29, 0.717) is 0 Å². The first kappa shape index (κ1) is 11.9. The lowest BCUT2D eigenvalue weighted by Gasteiger charge is -2.12. The zero-order chi connectivity index (χ0) is 12.6. The highest BCUT2D eigenvalue weighted by Crippen LogP contribution is 2.31. The molecule has 1 aliphatic rings. The Balaban J connectivity index is 2.28. The normalized spacial score (nSPS) is 23.8. The Morgan fingerprint density at radius 3 is 3.06 bits per heavy atom. The smallest absolute Gasteiger partial charge is 0.351 e. The molecular weight excluding hydrogens is 253 g/mol. The molecule has 1 fully saturated rings. The number of nitrogens with zero attached hydrogens (tertiary/aromatic N) is 2. The minimum absolute atomic E-state index is 0.224. The summed E-state index contributed by atoms with van der Waals surface area (Å²) in [6.45, 7) is 0. The summed E-state index contributed by atoms with van der Waals surface area (Å²) >= 11 is 1.01. The molecule has 1 aromatic heterocycles. The van der Waals surface area contributed by atoms with E-state index in [9.17, 15) is 14.0 Å². The molecule has 0 bridgehead atoms. The van der Waals surface area contributed by atoms with Gasteiger partial charge in [-0.25, -0.2) is 14.0 Å². The molecule has 1 saturated heterocycles. The van der Waals surface area contributed by atoms with Crippen LogP contribution in [0.3, 0.4) is 0 Å². The fourth-order valence-corrected chi connectivity index (χ4v) is 2.26. The molecule has 17 heavy (non-hydrogen) atoms. The molecule has 1 aromatic rings. The number of carboxylic acids is 1. The predicted octanol–water partition coefficient (Wildman–Crippen LogP) is -0.363. The molecule has 0 saturated carbocycles. The van der Waals surface area contributed by atoms with Crippen molar-refractivity contribution >= 4 is 23.5 Å². The van der Waals surface area contributed by atoms with Gasteiger partial charge in [0.05, 0.1) is 6.20 Å². The Morgan fingerprint density at radius 1 is 1.76 bits per heavy atom. The number of thioether (sulfide) groups is 1. The van der Waals surface area contributed by atoms with Gasteiger partial charge in [-0.05, 0) is 0 Å². The molecule has 0 radical (unpaired) electrons. The summed E-state index contributed by atoms with van der Waals surface area (Å²) in [6.07, 6.45) is 0.0105. The summed E-state index contributed by atoms with van der Waals surface area (Å²) in [6, 6.07) is 0. The predicted molar refractivity (Wildman–Crippen MR) is 56.9 cm³/mol. The average Bonchev–Trinajstić information content (AvgIpc) is 2.72. The lowest BCUT2D eigenvalue weighted by molar-refractivity contribution is -0.147. The standard InChI is InChI=1S/C8H8FN3O4S/c9-3-1-12(8(15)11-5(3)10)4-2-17-7(16-4)6(13)14/h1,4,7H,2H2,(H,13,14)(H2,10,11,15)/t4-,7-/m0/s1. The Kier molecular flexibility index (Phi) is 3.03. The quantitative estimate of drug-likeness (QED) is 0.748. The van der Waals surface area contributed by atoms with Crippen molar-refractivity contribution in [2.45, 2.75) is 11.7 Å². The van der Waals surface area contributed by atoms with E-state index < -0.39 is 35.0 Å². The van der Waals surface area contributed by atoms with Crippen LogP contribution in [0.2, 0.25) is 0 Å². The monoisotopic (exact) mass is 261 g/mol. The van der Waals surface area contributed by atoms with Gasteiger partial charge < -0.3 is 15.6 Å². The Bertz CT molecular complexity index is 520. The molecule has 7 nitrogen and oxygen atoms in total. The average molecular weight is 261 g/mol. The van der Waals surface area contributed by atoms with Crippen molar-refractivity contribution in [3.8, 4) is 0 Å². The van der Waals surface area contributed by atoms with Crippen LogP contribution in [0, 0.1) is 5.82 Å². The molecule has 2 heterocycles. The van der Waals surface area contributed by atoms with E-state index >= 15 is 0 Å². The molecule has 0 spiro atoms. The van der Waals surface area contributed by atoms with Crippen LogP contribution in [0.1, 0.15) is 6.23 Å². The second kappa shape index (κ2) is 4.34. The number of aliphatic carboxylic acids is 1. The second-order valence-corrected chi connectivity index (χ2v) is 4.35. The summed E-state index contributed by atoms with van der Waals surface area (Å²) in [7, 11) is 0. The lowest BCUT2D eigenvalue weighted by atomic mass is 10.5. The third-order valence-electron chi connectivity index (χ3n) is 2.12. The number of hydrogen-bond acceptors (Lipinski definition) is 6. The minimum Gasteiger partial charge on any atom is -0.479 e. The Hall–Kier alpha value is -1.61. The van der Waals surface area contributed by atoms with Gasteiger partial charge >= 0.3 is 11.7 Å². The van der Waals surface area contributed by atoms with Crippen molar-refractivity contribution in [3.05, 3.63) is 22.5 Å². The first-order valence-electron chi connectivity index (χ1n) is 4.53. The number of halogens is 1. The van der Waals surface area contributed by atoms with E-state index in [2.05, 4.69) is 4.98 Å². The lowest BCUT2D eigenvalue weighted by Crippen LogP contribution is -2.30. The molecule has 0 unspecified atom stereocenters. The number of carboxylic acid groups (broad SMARTS) is 1. The molecule has 0 aromatic carbocycles. The highest BCUT2D eigenvalue weighted by Gasteiger charge is 2.33. The summed E-state index contributed by atoms with van der Waals surface area (Å²) in [5, 5.41) is 8.70. The fraction of sp³-hybridized carbons (Fsp3) is 0.375. The number of anilines is 1. The van der Waals surface area contributed by atoms with Crippen LogP contribution in [0.25, 0.3) is 0 Å². The van der Waals surface area contributed by atoms with Gasteiger partial charge in [-0.15, -0.1) is 11.8 Å². The highest BCUT2D eigenvalue weighted by atomic mass is 32.2. The van der Waals surface area contributed by atoms with Crippen LogP contribution in [0.4, 0.5) is 10.2 Å². The topological polar surface area (TPSA) is 107 Å². The number of ether oxygens (including phenoxy) is 1. The molecular formula is C8H8FN3O4S. The highest BCUT2D eigenvalue weighted by molar-refractivity contribution is 8.00. The summed E-state index contributed by atoms with van der Waals surface area (Å²) < 4.78 is 19.1. The van der Waals surface area contributed by atoms with E-state index in [0.717, 1.165) is 22.5 Å². The van der Waals surface area contributed by atoms with Gasteiger partial charge in [-0.3, -0.25) is 4.57 Å². The number of nitrogens with two attached hydrogens (primary N) is 1. The van der Waals surface area contributed by atoms with Gasteiger partial charge in [0.1, 0.15) is 6.23 Å². The van der Waals surface area contributed by atoms with Gasteiger partial charge in [0, 0.05) is 5.75 Å². The zero-order valence-corrected chi connectivity index (χ0v) is 9.19. The first-order valence-corrected chi connectivity index (χ1v) is 5.58. The summed E-state index contributed by atoms with van der Waals surface area (Å²) in [5.74, 6) is -2.26. The number of aromatic nitrogens is 2. The van der Waals surface area contributed by atoms with Crippen molar-refractivity contribution < 1.29 is 19.0 Å². The van der Waals surface area contributed by atoms with Gasteiger partial charge in [0.25, 0.3) is 0 Å². The number of hydrogen-bond donors (Lipinski definition) is 2. The number of rotatable bonds is 2. The van der Waals surface area contributed by atoms with Crippen LogP contribution >= 0.6 is 11.8 Å².